The van der Waals surface area contributed by atoms with Crippen LogP contribution in [0.5, 0.6) is 0 Å². The average Bonchev–Trinajstić information content (AvgIpc) is 3.07. The minimum atomic E-state index is -0.445. The first kappa shape index (κ1) is 20.6. The van der Waals surface area contributed by atoms with E-state index in [9.17, 15) is 9.59 Å². The van der Waals surface area contributed by atoms with Crippen LogP contribution >= 0.6 is 23.4 Å². The second kappa shape index (κ2) is 8.24. The number of carbonyl (C=O) groups excluding carboxylic acids is 2. The zero-order valence-electron chi connectivity index (χ0n) is 16.8. The monoisotopic (exact) mass is 440 g/mol. The molecule has 1 unspecified atom stereocenters. The number of hydrogen-bond donors (Lipinski definition) is 1. The number of rotatable bonds is 4. The average molecular weight is 441 g/mol. The molecule has 2 amide bonds. The van der Waals surface area contributed by atoms with Crippen molar-refractivity contribution >= 4 is 57.6 Å². The lowest BCUT2D eigenvalue weighted by Crippen LogP contribution is -2.42. The number of thioether (sulfide) groups is 1. The third-order valence-electron chi connectivity index (χ3n) is 4.94. The van der Waals surface area contributed by atoms with Crippen molar-refractivity contribution in [2.45, 2.75) is 26.8 Å². The molecule has 2 aliphatic heterocycles. The van der Waals surface area contributed by atoms with E-state index in [4.69, 9.17) is 11.6 Å². The van der Waals surface area contributed by atoms with Crippen LogP contribution < -0.4 is 5.32 Å². The van der Waals surface area contributed by atoms with Crippen molar-refractivity contribution in [3.8, 4) is 0 Å². The summed E-state index contributed by atoms with van der Waals surface area (Å²) in [6.45, 7) is 5.85. The van der Waals surface area contributed by atoms with E-state index in [0.29, 0.717) is 21.7 Å². The number of aliphatic imine (C=N–C) groups is 2. The molecule has 154 valence electrons. The van der Waals surface area contributed by atoms with Gasteiger partial charge in [-0.25, -0.2) is 9.89 Å². The number of hydrogen-bond acceptors (Lipinski definition) is 5. The number of para-hydroxylation sites is 1. The molecule has 2 aromatic carbocycles. The summed E-state index contributed by atoms with van der Waals surface area (Å²) in [4.78, 5) is 36.4. The first-order valence-electron chi connectivity index (χ1n) is 9.64. The number of aryl methyl sites for hydroxylation is 1. The topological polar surface area (TPSA) is 74.1 Å². The lowest BCUT2D eigenvalue weighted by Gasteiger charge is -2.25. The highest BCUT2D eigenvalue weighted by Crippen LogP contribution is 2.34. The van der Waals surface area contributed by atoms with Gasteiger partial charge in [-0.2, -0.15) is 0 Å². The van der Waals surface area contributed by atoms with E-state index in [0.717, 1.165) is 16.8 Å². The van der Waals surface area contributed by atoms with Crippen molar-refractivity contribution in [3.05, 3.63) is 58.6 Å². The molecule has 2 heterocycles. The summed E-state index contributed by atoms with van der Waals surface area (Å²) >= 11 is 7.25. The number of benzene rings is 2. The molecular formula is C22H21ClN4O2S. The zero-order chi connectivity index (χ0) is 21.4. The first-order valence-corrected chi connectivity index (χ1v) is 11.0. The summed E-state index contributed by atoms with van der Waals surface area (Å²) in [5.41, 5.74) is 3.17. The van der Waals surface area contributed by atoms with Gasteiger partial charge >= 0.3 is 0 Å². The van der Waals surface area contributed by atoms with Crippen LogP contribution in [0.15, 0.2) is 52.4 Å². The van der Waals surface area contributed by atoms with E-state index >= 15 is 0 Å². The van der Waals surface area contributed by atoms with Crippen molar-refractivity contribution in [2.24, 2.45) is 15.9 Å². The Morgan fingerprint density at radius 1 is 1.27 bits per heavy atom. The van der Waals surface area contributed by atoms with Gasteiger partial charge in [0.2, 0.25) is 5.91 Å². The molecule has 0 aromatic heterocycles. The van der Waals surface area contributed by atoms with Gasteiger partial charge in [-0.15, -0.1) is 0 Å². The Morgan fingerprint density at radius 2 is 2.03 bits per heavy atom. The summed E-state index contributed by atoms with van der Waals surface area (Å²) in [6, 6.07) is 12.5. The van der Waals surface area contributed by atoms with Crippen LogP contribution in [-0.2, 0) is 9.59 Å². The standard InChI is InChI=1S/C22H21ClN4O2S/c1-12(2)19-21(29)27-20(26-19)15-6-4-5-7-16(15)25-22(27)30-11-18(28)24-17-10-14(23)9-8-13(17)3/h4-10,12,19H,11H2,1-3H3,(H,24,28). The maximum absolute atomic E-state index is 13.0. The molecule has 30 heavy (non-hydrogen) atoms. The molecule has 0 aliphatic carbocycles. The number of amidine groups is 2. The van der Waals surface area contributed by atoms with E-state index in [1.807, 2.05) is 51.1 Å². The van der Waals surface area contributed by atoms with E-state index in [1.165, 1.54) is 11.8 Å². The summed E-state index contributed by atoms with van der Waals surface area (Å²) in [6.07, 6.45) is 0. The lowest BCUT2D eigenvalue weighted by molar-refractivity contribution is -0.125. The number of anilines is 1. The van der Waals surface area contributed by atoms with Gasteiger partial charge in [0.25, 0.3) is 5.91 Å². The van der Waals surface area contributed by atoms with Crippen LogP contribution in [0.1, 0.15) is 25.0 Å². The van der Waals surface area contributed by atoms with Crippen LogP contribution in [0.25, 0.3) is 0 Å². The molecule has 0 radical (unpaired) electrons. The third-order valence-corrected chi connectivity index (χ3v) is 6.11. The highest BCUT2D eigenvalue weighted by molar-refractivity contribution is 8.14. The molecule has 1 N–H and O–H groups in total. The number of carbonyl (C=O) groups is 2. The van der Waals surface area contributed by atoms with Gasteiger partial charge < -0.3 is 5.32 Å². The summed E-state index contributed by atoms with van der Waals surface area (Å²) in [5.74, 6) is 0.487. The van der Waals surface area contributed by atoms with Crippen molar-refractivity contribution in [1.82, 2.24) is 4.90 Å². The Hall–Kier alpha value is -2.64. The van der Waals surface area contributed by atoms with Gasteiger partial charge in [-0.3, -0.25) is 14.6 Å². The van der Waals surface area contributed by atoms with Gasteiger partial charge in [0.05, 0.1) is 11.4 Å². The van der Waals surface area contributed by atoms with Crippen LogP contribution in [0.4, 0.5) is 11.4 Å². The zero-order valence-corrected chi connectivity index (χ0v) is 18.4. The Bertz CT molecular complexity index is 1100. The lowest BCUT2D eigenvalue weighted by atomic mass is 10.1. The molecule has 8 heteroatoms. The van der Waals surface area contributed by atoms with Crippen LogP contribution in [0.3, 0.4) is 0 Å². The minimum absolute atomic E-state index is 0.0723. The van der Waals surface area contributed by atoms with E-state index in [1.54, 1.807) is 17.0 Å². The van der Waals surface area contributed by atoms with Crippen LogP contribution in [0.2, 0.25) is 5.02 Å². The maximum Gasteiger partial charge on any atom is 0.259 e. The van der Waals surface area contributed by atoms with Crippen LogP contribution in [0, 0.1) is 12.8 Å². The number of amides is 2. The summed E-state index contributed by atoms with van der Waals surface area (Å²) in [5, 5.41) is 3.90. The number of nitrogens with one attached hydrogen (secondary N) is 1. The van der Waals surface area contributed by atoms with Crippen LogP contribution in [-0.4, -0.2) is 39.5 Å². The SMILES string of the molecule is Cc1ccc(Cl)cc1NC(=O)CSC1=Nc2ccccc2C2=NC(C(C)C)C(=O)N12. The molecule has 6 nitrogen and oxygen atoms in total. The van der Waals surface area contributed by atoms with Crippen molar-refractivity contribution in [3.63, 3.8) is 0 Å². The smallest absolute Gasteiger partial charge is 0.259 e. The fraction of sp³-hybridized carbons (Fsp3) is 0.273. The first-order chi connectivity index (χ1) is 14.3. The molecular weight excluding hydrogens is 420 g/mol. The van der Waals surface area contributed by atoms with Gasteiger partial charge in [0.1, 0.15) is 11.9 Å². The second-order valence-electron chi connectivity index (χ2n) is 7.52. The van der Waals surface area contributed by atoms with E-state index in [-0.39, 0.29) is 23.5 Å². The van der Waals surface area contributed by atoms with E-state index < -0.39 is 6.04 Å². The molecule has 2 aromatic rings. The minimum Gasteiger partial charge on any atom is -0.325 e. The Balaban J connectivity index is 1.56. The number of fused-ring (bicyclic) bond motifs is 3. The molecule has 0 saturated carbocycles. The number of halogens is 1. The van der Waals surface area contributed by atoms with Crippen molar-refractivity contribution < 1.29 is 9.59 Å². The molecule has 0 bridgehead atoms. The fourth-order valence-corrected chi connectivity index (χ4v) is 4.32. The van der Waals surface area contributed by atoms with Gasteiger partial charge in [0.15, 0.2) is 5.17 Å². The Morgan fingerprint density at radius 3 is 2.80 bits per heavy atom. The van der Waals surface area contributed by atoms with E-state index in [2.05, 4.69) is 15.3 Å². The quantitative estimate of drug-likeness (QED) is 0.752. The van der Waals surface area contributed by atoms with Crippen molar-refractivity contribution in [1.29, 1.82) is 0 Å². The highest BCUT2D eigenvalue weighted by Gasteiger charge is 2.42. The molecule has 0 fully saturated rings. The molecule has 4 rings (SSSR count). The molecule has 1 atom stereocenters. The van der Waals surface area contributed by atoms with Gasteiger partial charge in [-0.1, -0.05) is 55.4 Å². The summed E-state index contributed by atoms with van der Waals surface area (Å²) < 4.78 is 0. The Labute approximate surface area is 184 Å². The Kier molecular flexibility index (Phi) is 5.66. The van der Waals surface area contributed by atoms with Gasteiger partial charge in [0, 0.05) is 16.3 Å². The third kappa shape index (κ3) is 3.87. The number of nitrogens with zero attached hydrogens (tertiary/aromatic N) is 3. The predicted octanol–water partition coefficient (Wildman–Crippen LogP) is 4.63. The van der Waals surface area contributed by atoms with Crippen molar-refractivity contribution in [2.75, 3.05) is 11.1 Å². The normalized spacial score (nSPS) is 17.4. The molecule has 0 spiro atoms. The van der Waals surface area contributed by atoms with Gasteiger partial charge in [-0.05, 0) is 42.7 Å². The fourth-order valence-electron chi connectivity index (χ4n) is 3.35. The largest absolute Gasteiger partial charge is 0.325 e. The highest BCUT2D eigenvalue weighted by atomic mass is 35.5. The molecule has 2 aliphatic rings. The second-order valence-corrected chi connectivity index (χ2v) is 8.90. The molecule has 0 saturated heterocycles. The maximum atomic E-state index is 13.0. The summed E-state index contributed by atoms with van der Waals surface area (Å²) in [7, 11) is 0. The predicted molar refractivity (Wildman–Crippen MR) is 123 cm³/mol.